The molecule has 0 aromatic heterocycles. The van der Waals surface area contributed by atoms with Gasteiger partial charge in [-0.25, -0.2) is 14.5 Å². The Balaban J connectivity index is 0.00000117. The van der Waals surface area contributed by atoms with Gasteiger partial charge in [-0.3, -0.25) is 0 Å². The minimum absolute atomic E-state index is 0.384. The van der Waals surface area contributed by atoms with Crippen molar-refractivity contribution >= 4 is 12.2 Å². The molecule has 0 saturated carbocycles. The molecule has 3 rings (SSSR count). The zero-order chi connectivity index (χ0) is 19.1. The van der Waals surface area contributed by atoms with Gasteiger partial charge in [-0.1, -0.05) is 68.8 Å². The highest BCUT2D eigenvalue weighted by Crippen LogP contribution is 2.35. The molecule has 5 heteroatoms. The van der Waals surface area contributed by atoms with E-state index >= 15 is 0 Å². The first-order chi connectivity index (χ1) is 12.6. The van der Waals surface area contributed by atoms with Crippen molar-refractivity contribution in [3.05, 3.63) is 65.7 Å². The highest BCUT2D eigenvalue weighted by molar-refractivity contribution is 5.91. The van der Waals surface area contributed by atoms with Gasteiger partial charge in [0.1, 0.15) is 17.9 Å². The molecular formula is C21H25NO4. The number of amides is 2. The Bertz CT molecular complexity index is 727. The van der Waals surface area contributed by atoms with Crippen molar-refractivity contribution in [2.45, 2.75) is 46.3 Å². The Morgan fingerprint density at radius 2 is 1.69 bits per heavy atom. The Labute approximate surface area is 154 Å². The predicted octanol–water partition coefficient (Wildman–Crippen LogP) is 5.49. The molecule has 2 atom stereocenters. The lowest BCUT2D eigenvalue weighted by Gasteiger charge is -2.22. The second-order valence-corrected chi connectivity index (χ2v) is 5.74. The molecule has 0 radical (unpaired) electrons. The van der Waals surface area contributed by atoms with Crippen molar-refractivity contribution in [2.24, 2.45) is 0 Å². The van der Waals surface area contributed by atoms with Crippen LogP contribution in [0.1, 0.15) is 44.4 Å². The van der Waals surface area contributed by atoms with E-state index in [1.54, 1.807) is 12.1 Å². The first kappa shape index (κ1) is 19.5. The molecule has 2 aromatic carbocycles. The zero-order valence-electron chi connectivity index (χ0n) is 15.6. The van der Waals surface area contributed by atoms with Crippen molar-refractivity contribution in [2.75, 3.05) is 0 Å². The second-order valence-electron chi connectivity index (χ2n) is 5.74. The average molecular weight is 355 g/mol. The summed E-state index contributed by atoms with van der Waals surface area (Å²) in [6.45, 7) is 7.86. The van der Waals surface area contributed by atoms with Gasteiger partial charge in [0.15, 0.2) is 0 Å². The van der Waals surface area contributed by atoms with Gasteiger partial charge in [0, 0.05) is 0 Å². The number of benzene rings is 2. The smallest absolute Gasteiger partial charge is 0.425 e. The fourth-order valence-corrected chi connectivity index (χ4v) is 2.80. The molecule has 1 heterocycles. The standard InChI is InChI=1S/C19H19NO4.C2H6/c1-3-16-17(14-7-5-4-6-8-14)20(19(22)24-16)18(21)23-15-11-9-13(2)10-12-15;1-2/h4-12,16-17H,3H2,1-2H3;1-2H3. The minimum atomic E-state index is -0.728. The normalized spacial score (nSPS) is 18.6. The molecule has 5 nitrogen and oxygen atoms in total. The average Bonchev–Trinajstić information content (AvgIpc) is 3.02. The van der Waals surface area contributed by atoms with E-state index in [9.17, 15) is 9.59 Å². The van der Waals surface area contributed by atoms with E-state index in [0.29, 0.717) is 12.2 Å². The molecule has 2 unspecified atom stereocenters. The predicted molar refractivity (Wildman–Crippen MR) is 100 cm³/mol. The SMILES string of the molecule is CC.CCC1OC(=O)N(C(=O)Oc2ccc(C)cc2)C1c1ccccc1. The third kappa shape index (κ3) is 4.23. The van der Waals surface area contributed by atoms with E-state index in [0.717, 1.165) is 16.0 Å². The largest absolute Gasteiger partial charge is 0.443 e. The lowest BCUT2D eigenvalue weighted by atomic mass is 9.99. The molecule has 1 aliphatic heterocycles. The Hall–Kier alpha value is -2.82. The lowest BCUT2D eigenvalue weighted by molar-refractivity contribution is 0.126. The van der Waals surface area contributed by atoms with Gasteiger partial charge < -0.3 is 9.47 Å². The van der Waals surface area contributed by atoms with Gasteiger partial charge >= 0.3 is 12.2 Å². The summed E-state index contributed by atoms with van der Waals surface area (Å²) in [7, 11) is 0. The number of aryl methyl sites for hydroxylation is 1. The molecular weight excluding hydrogens is 330 g/mol. The molecule has 26 heavy (non-hydrogen) atoms. The van der Waals surface area contributed by atoms with Crippen LogP contribution in [0.4, 0.5) is 9.59 Å². The monoisotopic (exact) mass is 355 g/mol. The highest BCUT2D eigenvalue weighted by atomic mass is 16.6. The molecule has 0 N–H and O–H groups in total. The van der Waals surface area contributed by atoms with Gasteiger partial charge in [-0.2, -0.15) is 0 Å². The van der Waals surface area contributed by atoms with Crippen molar-refractivity contribution in [1.29, 1.82) is 0 Å². The van der Waals surface area contributed by atoms with Crippen LogP contribution in [-0.4, -0.2) is 23.2 Å². The van der Waals surface area contributed by atoms with Crippen LogP contribution in [0, 0.1) is 6.92 Å². The lowest BCUT2D eigenvalue weighted by Crippen LogP contribution is -2.37. The van der Waals surface area contributed by atoms with Gasteiger partial charge in [-0.15, -0.1) is 0 Å². The maximum atomic E-state index is 12.6. The molecule has 138 valence electrons. The number of rotatable bonds is 3. The number of hydrogen-bond donors (Lipinski definition) is 0. The number of ether oxygens (including phenoxy) is 2. The molecule has 1 fully saturated rings. The van der Waals surface area contributed by atoms with Crippen molar-refractivity contribution in [1.82, 2.24) is 4.90 Å². The fraction of sp³-hybridized carbons (Fsp3) is 0.333. The van der Waals surface area contributed by atoms with Gasteiger partial charge in [-0.05, 0) is 31.0 Å². The van der Waals surface area contributed by atoms with Gasteiger partial charge in [0.2, 0.25) is 0 Å². The number of cyclic esters (lactones) is 1. The summed E-state index contributed by atoms with van der Waals surface area (Å²) in [6, 6.07) is 16.0. The summed E-state index contributed by atoms with van der Waals surface area (Å²) in [5.41, 5.74) is 1.90. The topological polar surface area (TPSA) is 55.8 Å². The van der Waals surface area contributed by atoms with Crippen LogP contribution in [0.5, 0.6) is 5.75 Å². The maximum Gasteiger partial charge on any atom is 0.425 e. The van der Waals surface area contributed by atoms with Gasteiger partial charge in [0.25, 0.3) is 0 Å². The summed E-state index contributed by atoms with van der Waals surface area (Å²) in [6.07, 6.45) is -1.17. The quantitative estimate of drug-likeness (QED) is 0.730. The first-order valence-corrected chi connectivity index (χ1v) is 8.93. The number of nitrogens with zero attached hydrogens (tertiary/aromatic N) is 1. The van der Waals surface area contributed by atoms with Gasteiger partial charge in [0.05, 0.1) is 0 Å². The molecule has 0 spiro atoms. The minimum Gasteiger partial charge on any atom is -0.443 e. The van der Waals surface area contributed by atoms with E-state index in [4.69, 9.17) is 9.47 Å². The molecule has 2 aromatic rings. The Kier molecular flexibility index (Phi) is 6.78. The van der Waals surface area contributed by atoms with Crippen molar-refractivity contribution < 1.29 is 19.1 Å². The number of carbonyl (C=O) groups excluding carboxylic acids is 2. The summed E-state index contributed by atoms with van der Waals surface area (Å²) < 4.78 is 10.7. The molecule has 0 bridgehead atoms. The van der Waals surface area contributed by atoms with Crippen LogP contribution in [-0.2, 0) is 4.74 Å². The summed E-state index contributed by atoms with van der Waals surface area (Å²) in [4.78, 5) is 25.8. The van der Waals surface area contributed by atoms with E-state index in [2.05, 4.69) is 0 Å². The van der Waals surface area contributed by atoms with Crippen LogP contribution >= 0.6 is 0 Å². The van der Waals surface area contributed by atoms with E-state index in [1.807, 2.05) is 70.2 Å². The van der Waals surface area contributed by atoms with Crippen LogP contribution in [0.25, 0.3) is 0 Å². The number of hydrogen-bond acceptors (Lipinski definition) is 4. The molecule has 1 saturated heterocycles. The Morgan fingerprint density at radius 3 is 2.27 bits per heavy atom. The summed E-state index contributed by atoms with van der Waals surface area (Å²) in [5, 5.41) is 0. The second kappa shape index (κ2) is 9.04. The van der Waals surface area contributed by atoms with Crippen LogP contribution in [0.2, 0.25) is 0 Å². The van der Waals surface area contributed by atoms with Crippen molar-refractivity contribution in [3.8, 4) is 5.75 Å². The first-order valence-electron chi connectivity index (χ1n) is 8.93. The summed E-state index contributed by atoms with van der Waals surface area (Å²) in [5.74, 6) is 0.394. The Morgan fingerprint density at radius 1 is 1.08 bits per heavy atom. The van der Waals surface area contributed by atoms with Crippen LogP contribution in [0.3, 0.4) is 0 Å². The molecule has 2 amide bonds. The molecule has 0 aliphatic carbocycles. The van der Waals surface area contributed by atoms with E-state index in [-0.39, 0.29) is 6.10 Å². The third-order valence-corrected chi connectivity index (χ3v) is 4.05. The zero-order valence-corrected chi connectivity index (χ0v) is 15.6. The maximum absolute atomic E-state index is 12.6. The van der Waals surface area contributed by atoms with Crippen molar-refractivity contribution in [3.63, 3.8) is 0 Å². The number of imide groups is 1. The van der Waals surface area contributed by atoms with Crippen LogP contribution in [0.15, 0.2) is 54.6 Å². The highest BCUT2D eigenvalue weighted by Gasteiger charge is 2.46. The molecule has 1 aliphatic rings. The van der Waals surface area contributed by atoms with E-state index in [1.165, 1.54) is 0 Å². The van der Waals surface area contributed by atoms with Crippen LogP contribution < -0.4 is 4.74 Å². The fourth-order valence-electron chi connectivity index (χ4n) is 2.80. The number of carbonyl (C=O) groups is 2. The van der Waals surface area contributed by atoms with E-state index < -0.39 is 18.2 Å². The third-order valence-electron chi connectivity index (χ3n) is 4.05. The summed E-state index contributed by atoms with van der Waals surface area (Å²) >= 11 is 0.